The smallest absolute Gasteiger partial charge is 0.186 e. The number of anilines is 6. The van der Waals surface area contributed by atoms with Crippen LogP contribution in [0.2, 0.25) is 0 Å². The molecule has 1 heterocycles. The topological polar surface area (TPSA) is 6.48 Å². The number of para-hydroxylation sites is 2. The van der Waals surface area contributed by atoms with E-state index in [0.29, 0.717) is 16.9 Å². The number of hydrogen-bond acceptors (Lipinski definition) is 2. The van der Waals surface area contributed by atoms with E-state index in [0.717, 1.165) is 50.4 Å². The van der Waals surface area contributed by atoms with E-state index in [-0.39, 0.29) is 11.1 Å². The molecule has 1 aliphatic rings. The van der Waals surface area contributed by atoms with Crippen molar-refractivity contribution in [2.24, 2.45) is 0 Å². The van der Waals surface area contributed by atoms with E-state index in [1.54, 1.807) is 42.5 Å². The standard InChI is InChI=1S/C52H39F3N2/c1-34-47(49(54)50(55)51(48(34)53)56(40-20-12-6-13-21-40)42-28-24-37(25-29-42)35-16-8-4-9-17-35)39-27-31-46-44(33-39)52(2,3)43-32-38(36-18-10-5-11-19-36)26-30-45(43)57(46)41-22-14-7-15-23-41/h4-33H,1-3H3. The van der Waals surface area contributed by atoms with Crippen LogP contribution in [0.3, 0.4) is 0 Å². The number of nitrogens with zero attached hydrogens (tertiary/aromatic N) is 2. The Kier molecular flexibility index (Phi) is 9.01. The molecule has 2 nitrogen and oxygen atoms in total. The second-order valence-electron chi connectivity index (χ2n) is 15.0. The first-order valence-corrected chi connectivity index (χ1v) is 19.1. The molecule has 0 unspecified atom stereocenters. The number of rotatable bonds is 7. The van der Waals surface area contributed by atoms with Crippen LogP contribution in [-0.4, -0.2) is 0 Å². The second kappa shape index (κ2) is 14.3. The lowest BCUT2D eigenvalue weighted by atomic mass is 9.72. The molecule has 0 radical (unpaired) electrons. The zero-order valence-electron chi connectivity index (χ0n) is 31.8. The van der Waals surface area contributed by atoms with E-state index < -0.39 is 28.6 Å². The van der Waals surface area contributed by atoms with Crippen LogP contribution in [0.25, 0.3) is 33.4 Å². The molecule has 0 bridgehead atoms. The minimum absolute atomic E-state index is 0.0194. The predicted molar refractivity (Wildman–Crippen MR) is 229 cm³/mol. The summed E-state index contributed by atoms with van der Waals surface area (Å²) in [7, 11) is 0. The van der Waals surface area contributed by atoms with Gasteiger partial charge in [-0.05, 0) is 112 Å². The van der Waals surface area contributed by atoms with Crippen molar-refractivity contribution in [3.8, 4) is 33.4 Å². The molecule has 0 amide bonds. The molecular weight excluding hydrogens is 710 g/mol. The summed E-state index contributed by atoms with van der Waals surface area (Å²) in [6, 6.07) is 58.7. The lowest BCUT2D eigenvalue weighted by Gasteiger charge is -2.42. The average molecular weight is 749 g/mol. The molecular formula is C52H39F3N2. The van der Waals surface area contributed by atoms with Gasteiger partial charge in [-0.3, -0.25) is 0 Å². The van der Waals surface area contributed by atoms with Crippen LogP contribution in [0, 0.1) is 24.4 Å². The first-order valence-electron chi connectivity index (χ1n) is 19.1. The molecule has 8 aromatic rings. The van der Waals surface area contributed by atoms with Crippen LogP contribution in [0.5, 0.6) is 0 Å². The lowest BCUT2D eigenvalue weighted by Crippen LogP contribution is -2.30. The van der Waals surface area contributed by atoms with Crippen molar-refractivity contribution in [3.05, 3.63) is 216 Å². The molecule has 1 aliphatic heterocycles. The van der Waals surface area contributed by atoms with Gasteiger partial charge < -0.3 is 9.80 Å². The molecule has 0 fully saturated rings. The zero-order chi connectivity index (χ0) is 39.3. The van der Waals surface area contributed by atoms with Gasteiger partial charge in [-0.15, -0.1) is 0 Å². The normalized spacial score (nSPS) is 12.8. The summed E-state index contributed by atoms with van der Waals surface area (Å²) in [6.07, 6.45) is 0. The van der Waals surface area contributed by atoms with Gasteiger partial charge in [-0.25, -0.2) is 13.2 Å². The van der Waals surface area contributed by atoms with Crippen molar-refractivity contribution in [1.29, 1.82) is 0 Å². The number of benzene rings is 8. The molecule has 278 valence electrons. The van der Waals surface area contributed by atoms with Crippen LogP contribution in [0.1, 0.15) is 30.5 Å². The summed E-state index contributed by atoms with van der Waals surface area (Å²) in [5.74, 6) is -3.20. The van der Waals surface area contributed by atoms with Crippen molar-refractivity contribution >= 4 is 34.1 Å². The van der Waals surface area contributed by atoms with E-state index in [1.807, 2.05) is 97.1 Å². The first-order chi connectivity index (χ1) is 27.7. The molecule has 0 saturated carbocycles. The van der Waals surface area contributed by atoms with Gasteiger partial charge in [0.05, 0.1) is 11.4 Å². The summed E-state index contributed by atoms with van der Waals surface area (Å²) < 4.78 is 50.9. The highest BCUT2D eigenvalue weighted by Gasteiger charge is 2.38. The maximum Gasteiger partial charge on any atom is 0.186 e. The minimum Gasteiger partial charge on any atom is -0.310 e. The van der Waals surface area contributed by atoms with E-state index in [1.165, 1.54) is 11.8 Å². The van der Waals surface area contributed by atoms with Crippen LogP contribution in [0.4, 0.5) is 47.3 Å². The molecule has 0 aromatic heterocycles. The third kappa shape index (κ3) is 6.16. The fourth-order valence-corrected chi connectivity index (χ4v) is 8.28. The van der Waals surface area contributed by atoms with Gasteiger partial charge in [0.15, 0.2) is 17.5 Å². The third-order valence-electron chi connectivity index (χ3n) is 11.2. The summed E-state index contributed by atoms with van der Waals surface area (Å²) in [4.78, 5) is 3.66. The number of halogens is 3. The Bertz CT molecular complexity index is 2700. The zero-order valence-corrected chi connectivity index (χ0v) is 31.8. The van der Waals surface area contributed by atoms with Crippen molar-refractivity contribution < 1.29 is 13.2 Å². The van der Waals surface area contributed by atoms with Gasteiger partial charge >= 0.3 is 0 Å². The summed E-state index contributed by atoms with van der Waals surface area (Å²) >= 11 is 0. The molecule has 0 atom stereocenters. The SMILES string of the molecule is Cc1c(F)c(N(c2ccccc2)c2ccc(-c3ccccc3)cc2)c(F)c(F)c1-c1ccc2c(c1)C(C)(C)c1cc(-c3ccccc3)ccc1N2c1ccccc1. The fraction of sp³-hybridized carbons (Fsp3) is 0.0769. The molecule has 5 heteroatoms. The van der Waals surface area contributed by atoms with Crippen molar-refractivity contribution in [1.82, 2.24) is 0 Å². The van der Waals surface area contributed by atoms with Gasteiger partial charge in [0.25, 0.3) is 0 Å². The maximum atomic E-state index is 17.1. The average Bonchev–Trinajstić information content (AvgIpc) is 3.26. The van der Waals surface area contributed by atoms with E-state index in [2.05, 4.69) is 61.2 Å². The third-order valence-corrected chi connectivity index (χ3v) is 11.2. The second-order valence-corrected chi connectivity index (χ2v) is 15.0. The molecule has 0 saturated heterocycles. The van der Waals surface area contributed by atoms with Crippen molar-refractivity contribution in [2.75, 3.05) is 9.80 Å². The van der Waals surface area contributed by atoms with Gasteiger partial charge in [0, 0.05) is 28.0 Å². The molecule has 0 spiro atoms. The minimum atomic E-state index is -1.26. The monoisotopic (exact) mass is 748 g/mol. The highest BCUT2D eigenvalue weighted by molar-refractivity contribution is 5.90. The van der Waals surface area contributed by atoms with Gasteiger partial charge in [-0.2, -0.15) is 0 Å². The molecule has 8 aromatic carbocycles. The summed E-state index contributed by atoms with van der Waals surface area (Å²) in [5.41, 5.74) is 9.34. The number of fused-ring (bicyclic) bond motifs is 2. The summed E-state index contributed by atoms with van der Waals surface area (Å²) in [5, 5.41) is 0. The molecule has 57 heavy (non-hydrogen) atoms. The lowest BCUT2D eigenvalue weighted by molar-refractivity contribution is 0.497. The quantitative estimate of drug-likeness (QED) is 0.150. The van der Waals surface area contributed by atoms with Crippen molar-refractivity contribution in [2.45, 2.75) is 26.2 Å². The van der Waals surface area contributed by atoms with Crippen LogP contribution in [0.15, 0.2) is 182 Å². The Balaban J connectivity index is 1.19. The van der Waals surface area contributed by atoms with Crippen LogP contribution >= 0.6 is 0 Å². The fourth-order valence-electron chi connectivity index (χ4n) is 8.28. The maximum absolute atomic E-state index is 17.1. The number of hydrogen-bond donors (Lipinski definition) is 0. The van der Waals surface area contributed by atoms with E-state index in [9.17, 15) is 0 Å². The highest BCUT2D eigenvalue weighted by atomic mass is 19.2. The van der Waals surface area contributed by atoms with Gasteiger partial charge in [-0.1, -0.05) is 135 Å². The predicted octanol–water partition coefficient (Wildman–Crippen LogP) is 15.0. The Morgan fingerprint density at radius 2 is 0.877 bits per heavy atom. The van der Waals surface area contributed by atoms with Crippen LogP contribution in [-0.2, 0) is 5.41 Å². The highest BCUT2D eigenvalue weighted by Crippen LogP contribution is 2.54. The Labute approximate surface area is 331 Å². The van der Waals surface area contributed by atoms with E-state index in [4.69, 9.17) is 0 Å². The largest absolute Gasteiger partial charge is 0.310 e. The van der Waals surface area contributed by atoms with Crippen molar-refractivity contribution in [3.63, 3.8) is 0 Å². The summed E-state index contributed by atoms with van der Waals surface area (Å²) in [6.45, 7) is 5.83. The Hall–Kier alpha value is -6.85. The Morgan fingerprint density at radius 3 is 1.46 bits per heavy atom. The first kappa shape index (κ1) is 35.8. The van der Waals surface area contributed by atoms with Crippen LogP contribution < -0.4 is 9.80 Å². The van der Waals surface area contributed by atoms with Gasteiger partial charge in [0.1, 0.15) is 5.69 Å². The Morgan fingerprint density at radius 1 is 0.439 bits per heavy atom. The molecule has 0 N–H and O–H groups in total. The molecule has 9 rings (SSSR count). The van der Waals surface area contributed by atoms with E-state index >= 15 is 13.2 Å². The molecule has 0 aliphatic carbocycles. The van der Waals surface area contributed by atoms with Gasteiger partial charge in [0.2, 0.25) is 0 Å².